The molecule has 2 atom stereocenters. The molecule has 1 aromatic carbocycles. The van der Waals surface area contributed by atoms with Crippen LogP contribution in [-0.4, -0.2) is 43.5 Å². The molecule has 2 aromatic rings. The molecule has 1 aliphatic heterocycles. The van der Waals surface area contributed by atoms with E-state index in [1.807, 2.05) is 11.6 Å². The van der Waals surface area contributed by atoms with Crippen LogP contribution in [-0.2, 0) is 9.84 Å². The lowest BCUT2D eigenvalue weighted by molar-refractivity contribution is 0.587. The summed E-state index contributed by atoms with van der Waals surface area (Å²) in [6.07, 6.45) is 3.06. The summed E-state index contributed by atoms with van der Waals surface area (Å²) in [5, 5.41) is 6.93. The van der Waals surface area contributed by atoms with E-state index in [-0.39, 0.29) is 17.7 Å². The molecule has 4 rings (SSSR count). The van der Waals surface area contributed by atoms with Gasteiger partial charge in [-0.3, -0.25) is 4.99 Å². The summed E-state index contributed by atoms with van der Waals surface area (Å²) in [4.78, 5) is 9.02. The van der Waals surface area contributed by atoms with E-state index in [4.69, 9.17) is 0 Å². The fraction of sp³-hybridized carbons (Fsp3) is 0.556. The third kappa shape index (κ3) is 4.35. The smallest absolute Gasteiger partial charge is 0.191 e. The molecule has 140 valence electrons. The average Bonchev–Trinajstić information content (AvgIpc) is 3.16. The van der Waals surface area contributed by atoms with Crippen LogP contribution in [0.5, 0.6) is 0 Å². The zero-order valence-electron chi connectivity index (χ0n) is 14.8. The summed E-state index contributed by atoms with van der Waals surface area (Å²) in [5.74, 6) is 1.50. The van der Waals surface area contributed by atoms with Gasteiger partial charge in [-0.15, -0.1) is 11.3 Å². The Morgan fingerprint density at radius 3 is 2.96 bits per heavy atom. The van der Waals surface area contributed by atoms with E-state index in [1.165, 1.54) is 23.1 Å². The number of thiazole rings is 1. The number of aromatic nitrogens is 1. The first-order valence-electron chi connectivity index (χ1n) is 9.09. The number of sulfone groups is 1. The fourth-order valence-corrected chi connectivity index (χ4v) is 5.79. The zero-order valence-corrected chi connectivity index (χ0v) is 16.4. The second kappa shape index (κ2) is 7.15. The van der Waals surface area contributed by atoms with Gasteiger partial charge in [-0.25, -0.2) is 13.4 Å². The summed E-state index contributed by atoms with van der Waals surface area (Å²) in [5.41, 5.74) is 4.08. The molecule has 26 heavy (non-hydrogen) atoms. The molecule has 2 N–H and O–H groups in total. The van der Waals surface area contributed by atoms with Crippen molar-refractivity contribution in [1.29, 1.82) is 0 Å². The number of nitrogens with one attached hydrogen (secondary N) is 2. The van der Waals surface area contributed by atoms with Crippen molar-refractivity contribution in [2.45, 2.75) is 38.3 Å². The van der Waals surface area contributed by atoms with Gasteiger partial charge >= 0.3 is 0 Å². The van der Waals surface area contributed by atoms with Gasteiger partial charge in [-0.2, -0.15) is 0 Å². The van der Waals surface area contributed by atoms with Gasteiger partial charge in [-0.1, -0.05) is 6.07 Å². The molecule has 0 spiro atoms. The van der Waals surface area contributed by atoms with Gasteiger partial charge < -0.3 is 10.6 Å². The summed E-state index contributed by atoms with van der Waals surface area (Å²) in [6, 6.07) is 6.91. The van der Waals surface area contributed by atoms with Crippen LogP contribution in [0.3, 0.4) is 0 Å². The lowest BCUT2D eigenvalue weighted by Crippen LogP contribution is -2.40. The summed E-state index contributed by atoms with van der Waals surface area (Å²) < 4.78 is 24.5. The Labute approximate surface area is 158 Å². The van der Waals surface area contributed by atoms with Crippen LogP contribution in [0.15, 0.2) is 28.7 Å². The fourth-order valence-electron chi connectivity index (χ4n) is 3.22. The normalized spacial score (nSPS) is 23.9. The Bertz CT molecular complexity index is 918. The number of nitrogens with zero attached hydrogens (tertiary/aromatic N) is 2. The lowest BCUT2D eigenvalue weighted by atomic mass is 10.1. The predicted octanol–water partition coefficient (Wildman–Crippen LogP) is 2.49. The second-order valence-corrected chi connectivity index (χ2v) is 10.4. The number of fused-ring (bicyclic) bond motifs is 1. The summed E-state index contributed by atoms with van der Waals surface area (Å²) in [7, 11) is -2.85. The van der Waals surface area contributed by atoms with E-state index in [0.717, 1.165) is 17.9 Å². The Morgan fingerprint density at radius 1 is 1.38 bits per heavy atom. The van der Waals surface area contributed by atoms with Crippen LogP contribution in [0.2, 0.25) is 0 Å². The van der Waals surface area contributed by atoms with Gasteiger partial charge in [0.2, 0.25) is 0 Å². The highest BCUT2D eigenvalue weighted by Crippen LogP contribution is 2.24. The molecule has 1 aromatic heterocycles. The number of hydrogen-bond donors (Lipinski definition) is 2. The summed E-state index contributed by atoms with van der Waals surface area (Å²) >= 11 is 1.64. The minimum atomic E-state index is -2.85. The van der Waals surface area contributed by atoms with Crippen molar-refractivity contribution in [3.63, 3.8) is 0 Å². The number of aliphatic imine (C=N–C) groups is 1. The minimum absolute atomic E-state index is 0.110. The van der Waals surface area contributed by atoms with Crippen molar-refractivity contribution >= 4 is 37.4 Å². The number of benzene rings is 1. The number of rotatable bonds is 5. The molecule has 1 saturated carbocycles. The van der Waals surface area contributed by atoms with Crippen LogP contribution >= 0.6 is 11.3 Å². The third-order valence-electron chi connectivity index (χ3n) is 4.96. The third-order valence-corrected chi connectivity index (χ3v) is 7.59. The topological polar surface area (TPSA) is 83.5 Å². The van der Waals surface area contributed by atoms with Crippen LogP contribution in [0.4, 0.5) is 0 Å². The van der Waals surface area contributed by atoms with Gasteiger partial charge in [0.1, 0.15) is 0 Å². The SMILES string of the molecule is CC(NC(=NCC1CCS(=O)(=O)C1)NC1CC1)c1ccc2ncsc2c1. The second-order valence-electron chi connectivity index (χ2n) is 7.32. The Morgan fingerprint density at radius 2 is 2.23 bits per heavy atom. The molecule has 6 nitrogen and oxygen atoms in total. The highest BCUT2D eigenvalue weighted by Gasteiger charge is 2.28. The van der Waals surface area contributed by atoms with Gasteiger partial charge in [0, 0.05) is 12.6 Å². The summed E-state index contributed by atoms with van der Waals surface area (Å²) in [6.45, 7) is 2.67. The Balaban J connectivity index is 1.44. The van der Waals surface area contributed by atoms with Crippen LogP contribution in [0, 0.1) is 5.92 Å². The molecule has 2 fully saturated rings. The largest absolute Gasteiger partial charge is 0.354 e. The maximum Gasteiger partial charge on any atom is 0.191 e. The standard InChI is InChI=1S/C18H24N4O2S2/c1-12(14-2-5-16-17(8-14)25-11-20-16)21-18(22-15-3-4-15)19-9-13-6-7-26(23,24)10-13/h2,5,8,11-13,15H,3-4,6-7,9-10H2,1H3,(H2,19,21,22). The maximum absolute atomic E-state index is 11.6. The van der Waals surface area contributed by atoms with E-state index in [1.54, 1.807) is 11.3 Å². The predicted molar refractivity (Wildman–Crippen MR) is 106 cm³/mol. The van der Waals surface area contributed by atoms with Crippen LogP contribution in [0.1, 0.15) is 37.8 Å². The van der Waals surface area contributed by atoms with E-state index >= 15 is 0 Å². The first kappa shape index (κ1) is 17.7. The number of hydrogen-bond acceptors (Lipinski definition) is 5. The highest BCUT2D eigenvalue weighted by molar-refractivity contribution is 7.91. The van der Waals surface area contributed by atoms with Crippen LogP contribution < -0.4 is 10.6 Å². The van der Waals surface area contributed by atoms with Crippen molar-refractivity contribution < 1.29 is 8.42 Å². The van der Waals surface area contributed by atoms with Crippen molar-refractivity contribution in [2.75, 3.05) is 18.1 Å². The quantitative estimate of drug-likeness (QED) is 0.603. The van der Waals surface area contributed by atoms with Crippen molar-refractivity contribution in [3.05, 3.63) is 29.3 Å². The van der Waals surface area contributed by atoms with Crippen molar-refractivity contribution in [3.8, 4) is 0 Å². The Hall–Kier alpha value is -1.67. The van der Waals surface area contributed by atoms with E-state index in [0.29, 0.717) is 18.3 Å². The average molecular weight is 393 g/mol. The molecule has 1 saturated heterocycles. The number of guanidine groups is 1. The highest BCUT2D eigenvalue weighted by atomic mass is 32.2. The molecular weight excluding hydrogens is 368 g/mol. The molecule has 8 heteroatoms. The van der Waals surface area contributed by atoms with E-state index < -0.39 is 9.84 Å². The molecule has 2 unspecified atom stereocenters. The van der Waals surface area contributed by atoms with Crippen LogP contribution in [0.25, 0.3) is 10.2 Å². The molecule has 2 heterocycles. The molecule has 0 radical (unpaired) electrons. The molecule has 0 amide bonds. The molecule has 0 bridgehead atoms. The first-order valence-corrected chi connectivity index (χ1v) is 11.8. The van der Waals surface area contributed by atoms with Gasteiger partial charge in [0.25, 0.3) is 0 Å². The van der Waals surface area contributed by atoms with Gasteiger partial charge in [0.05, 0.1) is 33.3 Å². The van der Waals surface area contributed by atoms with Crippen molar-refractivity contribution in [1.82, 2.24) is 15.6 Å². The zero-order chi connectivity index (χ0) is 18.1. The maximum atomic E-state index is 11.6. The molecular formula is C18H24N4O2S2. The molecule has 2 aliphatic rings. The van der Waals surface area contributed by atoms with E-state index in [2.05, 4.69) is 39.7 Å². The van der Waals surface area contributed by atoms with E-state index in [9.17, 15) is 8.42 Å². The Kier molecular flexibility index (Phi) is 4.88. The monoisotopic (exact) mass is 392 g/mol. The molecule has 1 aliphatic carbocycles. The first-order chi connectivity index (χ1) is 12.5. The van der Waals surface area contributed by atoms with Gasteiger partial charge in [-0.05, 0) is 49.8 Å². The minimum Gasteiger partial charge on any atom is -0.354 e. The van der Waals surface area contributed by atoms with Gasteiger partial charge in [0.15, 0.2) is 15.8 Å². The van der Waals surface area contributed by atoms with Crippen molar-refractivity contribution in [2.24, 2.45) is 10.9 Å². The lowest BCUT2D eigenvalue weighted by Gasteiger charge is -2.19.